The van der Waals surface area contributed by atoms with Crippen molar-refractivity contribution in [2.75, 3.05) is 13.2 Å². The zero-order chi connectivity index (χ0) is 32.3. The lowest BCUT2D eigenvalue weighted by Gasteiger charge is -2.25. The molecular weight excluding hydrogens is 593 g/mol. The van der Waals surface area contributed by atoms with E-state index >= 15 is 0 Å². The minimum Gasteiger partial charge on any atom is -0.478 e. The highest BCUT2D eigenvalue weighted by molar-refractivity contribution is 7.26. The quantitative estimate of drug-likeness (QED) is 0.0891. The van der Waals surface area contributed by atoms with Gasteiger partial charge in [0.1, 0.15) is 6.10 Å². The number of rotatable bonds is 13. The number of fused-ring (bicyclic) bond motifs is 1. The van der Waals surface area contributed by atoms with Gasteiger partial charge in [-0.3, -0.25) is 0 Å². The summed E-state index contributed by atoms with van der Waals surface area (Å²) in [6, 6.07) is 38.2. The van der Waals surface area contributed by atoms with Gasteiger partial charge in [0.2, 0.25) is 0 Å². The minimum absolute atomic E-state index is 0.0833. The summed E-state index contributed by atoms with van der Waals surface area (Å²) < 4.78 is 18.3. The molecule has 0 aliphatic rings. The van der Waals surface area contributed by atoms with Crippen LogP contribution >= 0.6 is 9.03 Å². The molecule has 0 spiro atoms. The van der Waals surface area contributed by atoms with Crippen molar-refractivity contribution >= 4 is 25.9 Å². The molecule has 0 fully saturated rings. The Morgan fingerprint density at radius 1 is 0.733 bits per heavy atom. The standard InChI is InChI=1S/C14H19NO4.C14H15O2P.C7H6O2/c1-10(18)13(8-16)19-14(9-17)15-7-6-11-4-2-3-5-12(11)15;1-3-7-13(8-4-1)11-15-17-16-12-14-9-5-2-6-10-14;8-7(9)6-4-2-1-3-5-6/h2-7,10,13-14,16-18H,8-9H2,1H3;1-10,17H,11-12H2;1-5H,(H,8,9). The van der Waals surface area contributed by atoms with Crippen LogP contribution in [0.25, 0.3) is 10.9 Å². The van der Waals surface area contributed by atoms with E-state index in [0.717, 1.165) is 10.9 Å². The largest absolute Gasteiger partial charge is 0.478 e. The second kappa shape index (κ2) is 20.2. The van der Waals surface area contributed by atoms with E-state index in [2.05, 4.69) is 0 Å². The molecule has 45 heavy (non-hydrogen) atoms. The van der Waals surface area contributed by atoms with Gasteiger partial charge in [0.15, 0.2) is 15.3 Å². The van der Waals surface area contributed by atoms with Gasteiger partial charge >= 0.3 is 5.97 Å². The Labute approximate surface area is 265 Å². The van der Waals surface area contributed by atoms with E-state index in [9.17, 15) is 20.1 Å². The van der Waals surface area contributed by atoms with E-state index in [1.165, 1.54) is 11.1 Å². The van der Waals surface area contributed by atoms with Gasteiger partial charge in [0, 0.05) is 6.20 Å². The fourth-order valence-electron chi connectivity index (χ4n) is 4.06. The molecule has 0 saturated heterocycles. The van der Waals surface area contributed by atoms with E-state index in [-0.39, 0.29) is 22.2 Å². The van der Waals surface area contributed by atoms with E-state index in [1.54, 1.807) is 41.8 Å². The van der Waals surface area contributed by atoms with Gasteiger partial charge in [-0.1, -0.05) is 97.1 Å². The number of para-hydroxylation sites is 1. The van der Waals surface area contributed by atoms with Crippen LogP contribution in [0, 0.1) is 0 Å². The Balaban J connectivity index is 0.000000195. The molecule has 5 aromatic rings. The van der Waals surface area contributed by atoms with E-state index in [0.29, 0.717) is 18.8 Å². The van der Waals surface area contributed by atoms with Crippen molar-refractivity contribution in [3.05, 3.63) is 144 Å². The number of nitrogens with zero attached hydrogens (tertiary/aromatic N) is 1. The zero-order valence-electron chi connectivity index (χ0n) is 25.1. The van der Waals surface area contributed by atoms with Crippen molar-refractivity contribution in [1.82, 2.24) is 4.57 Å². The molecule has 3 unspecified atom stereocenters. The number of hydrogen-bond acceptors (Lipinski definition) is 7. The number of ether oxygens (including phenoxy) is 1. The summed E-state index contributed by atoms with van der Waals surface area (Å²) in [5.74, 6) is -0.879. The molecule has 0 amide bonds. The minimum atomic E-state index is -0.879. The van der Waals surface area contributed by atoms with Gasteiger partial charge in [-0.15, -0.1) is 0 Å². The fraction of sp³-hybridized carbons (Fsp3) is 0.229. The lowest BCUT2D eigenvalue weighted by Crippen LogP contribution is -2.34. The normalized spacial score (nSPS) is 12.6. The number of carboxylic acids is 1. The molecule has 0 radical (unpaired) electrons. The maximum atomic E-state index is 10.2. The van der Waals surface area contributed by atoms with Crippen molar-refractivity contribution in [1.29, 1.82) is 0 Å². The van der Waals surface area contributed by atoms with Gasteiger partial charge in [-0.05, 0) is 47.7 Å². The van der Waals surface area contributed by atoms with Crippen LogP contribution in [0.1, 0.15) is 34.6 Å². The molecule has 5 rings (SSSR count). The maximum absolute atomic E-state index is 10.2. The van der Waals surface area contributed by atoms with Crippen LogP contribution < -0.4 is 0 Å². The average Bonchev–Trinajstić information content (AvgIpc) is 3.51. The first kappa shape index (κ1) is 35.6. The summed E-state index contributed by atoms with van der Waals surface area (Å²) in [5, 5.41) is 37.6. The SMILES string of the molecule is CC(O)C(CO)OC(CO)n1ccc2ccccc21.O=C(O)c1ccccc1.c1ccc(COPOCc2ccccc2)cc1. The van der Waals surface area contributed by atoms with Crippen LogP contribution in [0.15, 0.2) is 128 Å². The van der Waals surface area contributed by atoms with Gasteiger partial charge < -0.3 is 38.8 Å². The molecule has 0 saturated carbocycles. The number of aliphatic hydroxyl groups excluding tert-OH is 3. The molecule has 4 N–H and O–H groups in total. The summed E-state index contributed by atoms with van der Waals surface area (Å²) in [6.07, 6.45) is -0.340. The highest BCUT2D eigenvalue weighted by atomic mass is 31.1. The Morgan fingerprint density at radius 2 is 1.24 bits per heavy atom. The van der Waals surface area contributed by atoms with Crippen molar-refractivity contribution in [3.8, 4) is 0 Å². The average molecular weight is 634 g/mol. The predicted octanol–water partition coefficient (Wildman–Crippen LogP) is 6.20. The molecule has 1 aromatic heterocycles. The van der Waals surface area contributed by atoms with E-state index in [4.69, 9.17) is 18.9 Å². The van der Waals surface area contributed by atoms with Crippen LogP contribution in [0.2, 0.25) is 0 Å². The summed E-state index contributed by atoms with van der Waals surface area (Å²) in [4.78, 5) is 10.2. The van der Waals surface area contributed by atoms with Crippen LogP contribution in [-0.4, -0.2) is 56.4 Å². The third kappa shape index (κ3) is 12.5. The topological polar surface area (TPSA) is 131 Å². The summed E-state index contributed by atoms with van der Waals surface area (Å²) in [5.41, 5.74) is 3.60. The molecule has 0 aliphatic heterocycles. The first-order valence-electron chi connectivity index (χ1n) is 14.4. The lowest BCUT2D eigenvalue weighted by molar-refractivity contribution is -0.131. The Bertz CT molecular complexity index is 1460. The van der Waals surface area contributed by atoms with Gasteiger partial charge in [0.25, 0.3) is 0 Å². The number of carbonyl (C=O) groups is 1. The Morgan fingerprint density at radius 3 is 1.71 bits per heavy atom. The molecule has 0 bridgehead atoms. The maximum Gasteiger partial charge on any atom is 0.335 e. The van der Waals surface area contributed by atoms with Crippen LogP contribution in [-0.2, 0) is 27.0 Å². The third-order valence-electron chi connectivity index (χ3n) is 6.45. The molecule has 10 heteroatoms. The molecule has 238 valence electrons. The van der Waals surface area contributed by atoms with E-state index < -0.39 is 24.4 Å². The van der Waals surface area contributed by atoms with Crippen LogP contribution in [0.4, 0.5) is 0 Å². The molecule has 4 aromatic carbocycles. The van der Waals surface area contributed by atoms with E-state index in [1.807, 2.05) is 97.2 Å². The van der Waals surface area contributed by atoms with Gasteiger partial charge in [0.05, 0.1) is 43.6 Å². The molecule has 0 aliphatic carbocycles. The number of hydrogen-bond donors (Lipinski definition) is 4. The Hall–Kier alpha value is -3.92. The number of aromatic nitrogens is 1. The first-order valence-corrected chi connectivity index (χ1v) is 15.2. The highest BCUT2D eigenvalue weighted by Gasteiger charge is 2.21. The molecule has 3 atom stereocenters. The van der Waals surface area contributed by atoms with Crippen molar-refractivity contribution in [2.24, 2.45) is 0 Å². The van der Waals surface area contributed by atoms with Crippen molar-refractivity contribution in [2.45, 2.75) is 38.6 Å². The first-order chi connectivity index (χ1) is 21.9. The molecule has 9 nitrogen and oxygen atoms in total. The van der Waals surface area contributed by atoms with Gasteiger partial charge in [-0.25, -0.2) is 4.79 Å². The monoisotopic (exact) mass is 633 g/mol. The van der Waals surface area contributed by atoms with Crippen LogP contribution in [0.3, 0.4) is 0 Å². The summed E-state index contributed by atoms with van der Waals surface area (Å²) in [6.45, 7) is 2.22. The molecule has 1 heterocycles. The number of aliphatic hydroxyl groups is 3. The third-order valence-corrected chi connectivity index (χ3v) is 6.97. The second-order valence-electron chi connectivity index (χ2n) is 9.82. The van der Waals surface area contributed by atoms with Gasteiger partial charge in [-0.2, -0.15) is 0 Å². The van der Waals surface area contributed by atoms with Crippen molar-refractivity contribution < 1.29 is 39.0 Å². The zero-order valence-corrected chi connectivity index (χ0v) is 26.1. The second-order valence-corrected chi connectivity index (χ2v) is 10.6. The predicted molar refractivity (Wildman–Crippen MR) is 176 cm³/mol. The smallest absolute Gasteiger partial charge is 0.335 e. The summed E-state index contributed by atoms with van der Waals surface area (Å²) >= 11 is 0. The lowest BCUT2D eigenvalue weighted by atomic mass is 10.2. The van der Waals surface area contributed by atoms with Crippen LogP contribution in [0.5, 0.6) is 0 Å². The number of carboxylic acid groups (broad SMARTS) is 1. The fourth-order valence-corrected chi connectivity index (χ4v) is 4.59. The van der Waals surface area contributed by atoms with Crippen molar-refractivity contribution in [3.63, 3.8) is 0 Å². The highest BCUT2D eigenvalue weighted by Crippen LogP contribution is 2.22. The number of benzene rings is 4. The number of aromatic carboxylic acids is 1. The Kier molecular flexibility index (Phi) is 15.9. The molecular formula is C35H40NO8P. The summed E-state index contributed by atoms with van der Waals surface area (Å²) in [7, 11) is 0.0833.